The SMILES string of the molecule is CCN=CC1C(C)N1CC. The predicted molar refractivity (Wildman–Crippen MR) is 44.7 cm³/mol. The Morgan fingerprint density at radius 1 is 1.50 bits per heavy atom. The van der Waals surface area contributed by atoms with Gasteiger partial charge in [-0.25, -0.2) is 0 Å². The van der Waals surface area contributed by atoms with Gasteiger partial charge in [-0.1, -0.05) is 6.92 Å². The first-order valence-electron chi connectivity index (χ1n) is 4.07. The summed E-state index contributed by atoms with van der Waals surface area (Å²) >= 11 is 0. The summed E-state index contributed by atoms with van der Waals surface area (Å²) in [6.07, 6.45) is 2.08. The second-order valence-corrected chi connectivity index (χ2v) is 2.71. The minimum Gasteiger partial charge on any atom is -0.296 e. The number of hydrogen-bond acceptors (Lipinski definition) is 2. The zero-order chi connectivity index (χ0) is 7.56. The molecule has 1 aliphatic rings. The summed E-state index contributed by atoms with van der Waals surface area (Å²) in [7, 11) is 0. The predicted octanol–water partition coefficient (Wildman–Crippen LogP) is 1.17. The molecule has 10 heavy (non-hydrogen) atoms. The van der Waals surface area contributed by atoms with Gasteiger partial charge in [-0.3, -0.25) is 9.89 Å². The molecule has 1 heterocycles. The van der Waals surface area contributed by atoms with Gasteiger partial charge < -0.3 is 0 Å². The Bertz CT molecular complexity index is 131. The summed E-state index contributed by atoms with van der Waals surface area (Å²) in [5.41, 5.74) is 0. The molecule has 1 fully saturated rings. The maximum absolute atomic E-state index is 4.22. The lowest BCUT2D eigenvalue weighted by Crippen LogP contribution is -2.01. The van der Waals surface area contributed by atoms with Crippen LogP contribution in [0, 0.1) is 0 Å². The van der Waals surface area contributed by atoms with E-state index in [1.54, 1.807) is 0 Å². The summed E-state index contributed by atoms with van der Waals surface area (Å²) in [5.74, 6) is 0. The van der Waals surface area contributed by atoms with Crippen molar-refractivity contribution in [2.45, 2.75) is 32.9 Å². The molecule has 58 valence electrons. The van der Waals surface area contributed by atoms with Crippen LogP contribution in [-0.4, -0.2) is 36.3 Å². The number of likely N-dealkylation sites (N-methyl/N-ethyl adjacent to an activating group) is 1. The lowest BCUT2D eigenvalue weighted by molar-refractivity contribution is 0.538. The van der Waals surface area contributed by atoms with Crippen LogP contribution in [0.25, 0.3) is 0 Å². The van der Waals surface area contributed by atoms with Crippen molar-refractivity contribution in [1.82, 2.24) is 4.90 Å². The molecule has 0 bridgehead atoms. The maximum Gasteiger partial charge on any atom is 0.0603 e. The molecule has 2 nitrogen and oxygen atoms in total. The normalized spacial score (nSPS) is 38.9. The Balaban J connectivity index is 2.27. The van der Waals surface area contributed by atoms with Crippen molar-refractivity contribution in [1.29, 1.82) is 0 Å². The van der Waals surface area contributed by atoms with E-state index in [0.717, 1.165) is 19.1 Å². The molecule has 0 aromatic rings. The summed E-state index contributed by atoms with van der Waals surface area (Å²) in [6.45, 7) is 8.58. The molecular weight excluding hydrogens is 124 g/mol. The number of rotatable bonds is 3. The van der Waals surface area contributed by atoms with Gasteiger partial charge in [-0.15, -0.1) is 0 Å². The zero-order valence-corrected chi connectivity index (χ0v) is 7.04. The Labute approximate surface area is 62.9 Å². The van der Waals surface area contributed by atoms with Gasteiger partial charge in [0.25, 0.3) is 0 Å². The van der Waals surface area contributed by atoms with Crippen LogP contribution in [-0.2, 0) is 0 Å². The molecule has 3 atom stereocenters. The fraction of sp³-hybridized carbons (Fsp3) is 0.875. The van der Waals surface area contributed by atoms with E-state index in [0.29, 0.717) is 6.04 Å². The van der Waals surface area contributed by atoms with Crippen molar-refractivity contribution < 1.29 is 0 Å². The first kappa shape index (κ1) is 7.73. The monoisotopic (exact) mass is 140 g/mol. The summed E-state index contributed by atoms with van der Waals surface area (Å²) in [6, 6.07) is 1.38. The van der Waals surface area contributed by atoms with Crippen LogP contribution in [0.15, 0.2) is 4.99 Å². The standard InChI is InChI=1S/C8H16N2/c1-4-9-6-8-7(3)10(8)5-2/h6-8H,4-5H2,1-3H3. The molecule has 0 aliphatic carbocycles. The highest BCUT2D eigenvalue weighted by Crippen LogP contribution is 2.24. The molecule has 0 spiro atoms. The van der Waals surface area contributed by atoms with E-state index >= 15 is 0 Å². The Hall–Kier alpha value is -0.370. The number of hydrogen-bond donors (Lipinski definition) is 0. The van der Waals surface area contributed by atoms with E-state index in [1.807, 2.05) is 0 Å². The van der Waals surface area contributed by atoms with Crippen molar-refractivity contribution >= 4 is 6.21 Å². The largest absolute Gasteiger partial charge is 0.296 e. The Morgan fingerprint density at radius 3 is 2.60 bits per heavy atom. The third kappa shape index (κ3) is 1.37. The second-order valence-electron chi connectivity index (χ2n) is 2.71. The van der Waals surface area contributed by atoms with Crippen molar-refractivity contribution in [2.75, 3.05) is 13.1 Å². The van der Waals surface area contributed by atoms with Gasteiger partial charge >= 0.3 is 0 Å². The van der Waals surface area contributed by atoms with E-state index in [-0.39, 0.29) is 0 Å². The molecular formula is C8H16N2. The van der Waals surface area contributed by atoms with Gasteiger partial charge in [0.1, 0.15) is 0 Å². The van der Waals surface area contributed by atoms with E-state index in [1.165, 1.54) is 0 Å². The van der Waals surface area contributed by atoms with Crippen LogP contribution in [0.2, 0.25) is 0 Å². The molecule has 3 unspecified atom stereocenters. The van der Waals surface area contributed by atoms with Gasteiger partial charge in [-0.05, 0) is 20.4 Å². The van der Waals surface area contributed by atoms with Gasteiger partial charge in [0.15, 0.2) is 0 Å². The highest BCUT2D eigenvalue weighted by molar-refractivity contribution is 5.69. The lowest BCUT2D eigenvalue weighted by atomic mass is 10.4. The van der Waals surface area contributed by atoms with Crippen molar-refractivity contribution in [3.05, 3.63) is 0 Å². The minimum absolute atomic E-state index is 0.643. The molecule has 0 aromatic heterocycles. The van der Waals surface area contributed by atoms with Crippen LogP contribution in [0.1, 0.15) is 20.8 Å². The molecule has 2 heteroatoms. The average molecular weight is 140 g/mol. The fourth-order valence-corrected chi connectivity index (χ4v) is 1.36. The molecule has 0 aromatic carbocycles. The minimum atomic E-state index is 0.643. The zero-order valence-electron chi connectivity index (χ0n) is 7.04. The summed E-state index contributed by atoms with van der Waals surface area (Å²) in [4.78, 5) is 6.63. The van der Waals surface area contributed by atoms with Gasteiger partial charge in [0.2, 0.25) is 0 Å². The molecule has 1 rings (SSSR count). The van der Waals surface area contributed by atoms with Gasteiger partial charge in [-0.2, -0.15) is 0 Å². The third-order valence-electron chi connectivity index (χ3n) is 2.12. The molecule has 1 aliphatic heterocycles. The quantitative estimate of drug-likeness (QED) is 0.424. The topological polar surface area (TPSA) is 15.4 Å². The van der Waals surface area contributed by atoms with Gasteiger partial charge in [0, 0.05) is 18.8 Å². The van der Waals surface area contributed by atoms with Crippen LogP contribution in [0.4, 0.5) is 0 Å². The summed E-state index contributed by atoms with van der Waals surface area (Å²) < 4.78 is 0. The lowest BCUT2D eigenvalue weighted by Gasteiger charge is -1.90. The van der Waals surface area contributed by atoms with Crippen molar-refractivity contribution in [3.8, 4) is 0 Å². The summed E-state index contributed by atoms with van der Waals surface area (Å²) in [5, 5.41) is 0. The number of nitrogens with zero attached hydrogens (tertiary/aromatic N) is 2. The highest BCUT2D eigenvalue weighted by Gasteiger charge is 2.40. The van der Waals surface area contributed by atoms with Gasteiger partial charge in [0.05, 0.1) is 6.04 Å². The van der Waals surface area contributed by atoms with Crippen molar-refractivity contribution in [2.24, 2.45) is 4.99 Å². The van der Waals surface area contributed by atoms with E-state index < -0.39 is 0 Å². The van der Waals surface area contributed by atoms with Crippen molar-refractivity contribution in [3.63, 3.8) is 0 Å². The number of aliphatic imine (C=N–C) groups is 1. The molecule has 0 saturated carbocycles. The average Bonchev–Trinajstić information content (AvgIpc) is 2.56. The molecule has 0 radical (unpaired) electrons. The van der Waals surface area contributed by atoms with Crippen LogP contribution in [0.3, 0.4) is 0 Å². The highest BCUT2D eigenvalue weighted by atomic mass is 15.3. The first-order chi connectivity index (χ1) is 4.81. The van der Waals surface area contributed by atoms with E-state index in [4.69, 9.17) is 0 Å². The molecule has 1 saturated heterocycles. The Kier molecular flexibility index (Phi) is 2.44. The Morgan fingerprint density at radius 2 is 2.20 bits per heavy atom. The van der Waals surface area contributed by atoms with E-state index in [9.17, 15) is 0 Å². The third-order valence-corrected chi connectivity index (χ3v) is 2.12. The first-order valence-corrected chi connectivity index (χ1v) is 4.07. The smallest absolute Gasteiger partial charge is 0.0603 e. The van der Waals surface area contributed by atoms with Crippen LogP contribution in [0.5, 0.6) is 0 Å². The maximum atomic E-state index is 4.22. The second kappa shape index (κ2) is 3.15. The van der Waals surface area contributed by atoms with Crippen LogP contribution < -0.4 is 0 Å². The fourth-order valence-electron chi connectivity index (χ4n) is 1.36. The van der Waals surface area contributed by atoms with E-state index in [2.05, 4.69) is 36.9 Å². The van der Waals surface area contributed by atoms with Crippen LogP contribution >= 0.6 is 0 Å². The molecule has 0 N–H and O–H groups in total. The molecule has 0 amide bonds.